The van der Waals surface area contributed by atoms with Crippen LogP contribution in [-0.4, -0.2) is 15.7 Å². The Labute approximate surface area is 151 Å². The lowest BCUT2D eigenvalue weighted by Gasteiger charge is -2.27. The van der Waals surface area contributed by atoms with E-state index < -0.39 is 5.91 Å². The summed E-state index contributed by atoms with van der Waals surface area (Å²) >= 11 is 0. The lowest BCUT2D eigenvalue weighted by atomic mass is 9.88. The lowest BCUT2D eigenvalue weighted by Crippen LogP contribution is -2.36. The van der Waals surface area contributed by atoms with Crippen LogP contribution in [0.1, 0.15) is 46.1 Å². The van der Waals surface area contributed by atoms with Crippen molar-refractivity contribution in [1.29, 1.82) is 0 Å². The molecular formula is C20H20N4O2. The van der Waals surface area contributed by atoms with Gasteiger partial charge in [0, 0.05) is 17.7 Å². The van der Waals surface area contributed by atoms with E-state index in [9.17, 15) is 10.0 Å². The third kappa shape index (κ3) is 2.83. The summed E-state index contributed by atoms with van der Waals surface area (Å²) in [7, 11) is 0. The first kappa shape index (κ1) is 16.3. The summed E-state index contributed by atoms with van der Waals surface area (Å²) in [4.78, 5) is 12.6. The second-order valence-corrected chi connectivity index (χ2v) is 6.59. The Morgan fingerprint density at radius 3 is 2.92 bits per heavy atom. The largest absolute Gasteiger partial charge is 0.618 e. The number of benzene rings is 1. The summed E-state index contributed by atoms with van der Waals surface area (Å²) in [6.07, 6.45) is 6.18. The molecule has 4 rings (SSSR count). The van der Waals surface area contributed by atoms with Gasteiger partial charge >= 0.3 is 5.91 Å². The van der Waals surface area contributed by atoms with Crippen molar-refractivity contribution in [3.05, 3.63) is 82.4 Å². The standard InChI is InChI=1S/C20H20N4O2/c1-14-13-21-24(17-11-6-8-15-7-2-3-9-16(15)17)19(14)22-20(25)18-10-4-5-12-23(18)26/h2-5,7,9-10,12-13,17H,6,8,11H2,1H3,(H,22,25). The Bertz CT molecular complexity index is 964. The number of anilines is 1. The average Bonchev–Trinajstić information content (AvgIpc) is 3.02. The molecule has 0 saturated carbocycles. The monoisotopic (exact) mass is 348 g/mol. The van der Waals surface area contributed by atoms with Crippen molar-refractivity contribution >= 4 is 11.7 Å². The molecular weight excluding hydrogens is 328 g/mol. The molecule has 0 aliphatic heterocycles. The van der Waals surface area contributed by atoms with Gasteiger partial charge in [0.25, 0.3) is 5.69 Å². The fraction of sp³-hybridized carbons (Fsp3) is 0.250. The van der Waals surface area contributed by atoms with Gasteiger partial charge in [-0.15, -0.1) is 0 Å². The molecule has 0 bridgehead atoms. The minimum atomic E-state index is -0.436. The van der Waals surface area contributed by atoms with Crippen LogP contribution in [0.2, 0.25) is 0 Å². The predicted molar refractivity (Wildman–Crippen MR) is 97.8 cm³/mol. The van der Waals surface area contributed by atoms with E-state index in [4.69, 9.17) is 0 Å². The Kier molecular flexibility index (Phi) is 4.16. The van der Waals surface area contributed by atoms with E-state index in [0.717, 1.165) is 24.8 Å². The summed E-state index contributed by atoms with van der Waals surface area (Å²) in [5.41, 5.74) is 3.50. The van der Waals surface area contributed by atoms with Crippen LogP contribution in [0.25, 0.3) is 0 Å². The molecule has 0 saturated heterocycles. The van der Waals surface area contributed by atoms with Crippen molar-refractivity contribution in [3.63, 3.8) is 0 Å². The summed E-state index contributed by atoms with van der Waals surface area (Å²) in [6.45, 7) is 1.91. The van der Waals surface area contributed by atoms with E-state index in [0.29, 0.717) is 10.5 Å². The topological polar surface area (TPSA) is 73.9 Å². The summed E-state index contributed by atoms with van der Waals surface area (Å²) < 4.78 is 2.45. The van der Waals surface area contributed by atoms with Crippen molar-refractivity contribution in [2.45, 2.75) is 32.2 Å². The van der Waals surface area contributed by atoms with E-state index in [1.165, 1.54) is 23.4 Å². The molecule has 6 nitrogen and oxygen atoms in total. The van der Waals surface area contributed by atoms with Gasteiger partial charge in [-0.05, 0) is 43.4 Å². The normalized spacial score (nSPS) is 16.1. The number of hydrogen-bond acceptors (Lipinski definition) is 3. The first-order valence-corrected chi connectivity index (χ1v) is 8.76. The highest BCUT2D eigenvalue weighted by molar-refractivity contribution is 6.01. The summed E-state index contributed by atoms with van der Waals surface area (Å²) in [5, 5.41) is 19.3. The highest BCUT2D eigenvalue weighted by Gasteiger charge is 2.26. The highest BCUT2D eigenvalue weighted by atomic mass is 16.5. The zero-order chi connectivity index (χ0) is 18.1. The van der Waals surface area contributed by atoms with Gasteiger partial charge in [0.05, 0.1) is 12.2 Å². The van der Waals surface area contributed by atoms with E-state index in [1.807, 2.05) is 17.7 Å². The molecule has 1 amide bonds. The third-order valence-electron chi connectivity index (χ3n) is 4.90. The van der Waals surface area contributed by atoms with Crippen LogP contribution in [0.3, 0.4) is 0 Å². The third-order valence-corrected chi connectivity index (χ3v) is 4.90. The quantitative estimate of drug-likeness (QED) is 0.584. The molecule has 6 heteroatoms. The van der Waals surface area contributed by atoms with Gasteiger partial charge in [0.15, 0.2) is 6.20 Å². The Hall–Kier alpha value is -3.15. The maximum Gasteiger partial charge on any atom is 0.322 e. The molecule has 1 atom stereocenters. The molecule has 26 heavy (non-hydrogen) atoms. The van der Waals surface area contributed by atoms with E-state index in [1.54, 1.807) is 18.3 Å². The smallest absolute Gasteiger partial charge is 0.322 e. The number of carbonyl (C=O) groups excluding carboxylic acids is 1. The van der Waals surface area contributed by atoms with Crippen LogP contribution < -0.4 is 10.0 Å². The van der Waals surface area contributed by atoms with Crippen LogP contribution in [0.4, 0.5) is 5.82 Å². The summed E-state index contributed by atoms with van der Waals surface area (Å²) in [6, 6.07) is 13.2. The number of carbonyl (C=O) groups is 1. The number of hydrogen-bond donors (Lipinski definition) is 1. The second kappa shape index (κ2) is 6.63. The molecule has 1 aliphatic carbocycles. The Morgan fingerprint density at radius 2 is 2.08 bits per heavy atom. The zero-order valence-corrected chi connectivity index (χ0v) is 14.6. The van der Waals surface area contributed by atoms with Gasteiger partial charge in [0.1, 0.15) is 5.82 Å². The number of nitrogens with zero attached hydrogens (tertiary/aromatic N) is 3. The van der Waals surface area contributed by atoms with E-state index in [-0.39, 0.29) is 11.7 Å². The van der Waals surface area contributed by atoms with Crippen LogP contribution in [-0.2, 0) is 6.42 Å². The summed E-state index contributed by atoms with van der Waals surface area (Å²) in [5.74, 6) is 0.204. The zero-order valence-electron chi connectivity index (χ0n) is 14.6. The van der Waals surface area contributed by atoms with Crippen LogP contribution in [0, 0.1) is 12.1 Å². The molecule has 1 N–H and O–H groups in total. The molecule has 132 valence electrons. The molecule has 2 aromatic heterocycles. The predicted octanol–water partition coefficient (Wildman–Crippen LogP) is 3.00. The van der Waals surface area contributed by atoms with Gasteiger partial charge in [-0.25, -0.2) is 4.68 Å². The SMILES string of the molecule is Cc1cnn(C2CCCc3ccccc32)c1NC(=O)c1cccc[n+]1[O-]. The average molecular weight is 348 g/mol. The van der Waals surface area contributed by atoms with Gasteiger partial charge in [-0.1, -0.05) is 24.3 Å². The molecule has 3 aromatic rings. The van der Waals surface area contributed by atoms with E-state index in [2.05, 4.69) is 28.6 Å². The molecule has 0 spiro atoms. The fourth-order valence-corrected chi connectivity index (χ4v) is 3.60. The van der Waals surface area contributed by atoms with Gasteiger partial charge in [-0.2, -0.15) is 9.83 Å². The van der Waals surface area contributed by atoms with Crippen molar-refractivity contribution in [3.8, 4) is 0 Å². The van der Waals surface area contributed by atoms with Gasteiger partial charge in [0.2, 0.25) is 0 Å². The highest BCUT2D eigenvalue weighted by Crippen LogP contribution is 2.35. The van der Waals surface area contributed by atoms with Crippen LogP contribution in [0.15, 0.2) is 54.9 Å². The van der Waals surface area contributed by atoms with Crippen molar-refractivity contribution in [2.75, 3.05) is 5.32 Å². The number of pyridine rings is 1. The molecule has 0 fully saturated rings. The van der Waals surface area contributed by atoms with Crippen molar-refractivity contribution in [1.82, 2.24) is 9.78 Å². The number of amides is 1. The number of rotatable bonds is 3. The maximum absolute atomic E-state index is 12.6. The maximum atomic E-state index is 12.6. The van der Waals surface area contributed by atoms with Crippen LogP contribution in [0.5, 0.6) is 0 Å². The second-order valence-electron chi connectivity index (χ2n) is 6.59. The molecule has 1 aromatic carbocycles. The molecule has 0 radical (unpaired) electrons. The molecule has 1 aliphatic rings. The first-order chi connectivity index (χ1) is 12.6. The van der Waals surface area contributed by atoms with Gasteiger partial charge in [-0.3, -0.25) is 4.79 Å². The van der Waals surface area contributed by atoms with Crippen LogP contribution >= 0.6 is 0 Å². The van der Waals surface area contributed by atoms with Crippen molar-refractivity contribution in [2.24, 2.45) is 0 Å². The Balaban J connectivity index is 1.69. The van der Waals surface area contributed by atoms with Crippen molar-refractivity contribution < 1.29 is 9.52 Å². The number of aromatic nitrogens is 3. The lowest BCUT2D eigenvalue weighted by molar-refractivity contribution is -0.607. The number of nitrogens with one attached hydrogen (secondary N) is 1. The first-order valence-electron chi connectivity index (χ1n) is 8.76. The minimum Gasteiger partial charge on any atom is -0.618 e. The Morgan fingerprint density at radius 1 is 1.27 bits per heavy atom. The number of fused-ring (bicyclic) bond motifs is 1. The van der Waals surface area contributed by atoms with E-state index >= 15 is 0 Å². The van der Waals surface area contributed by atoms with Gasteiger partial charge < -0.3 is 10.5 Å². The number of aryl methyl sites for hydroxylation is 2. The minimum absolute atomic E-state index is 0.0590. The molecule has 2 heterocycles. The molecule has 1 unspecified atom stereocenters. The fourth-order valence-electron chi connectivity index (χ4n) is 3.60.